The smallest absolute Gasteiger partial charge is 0.246 e. The summed E-state index contributed by atoms with van der Waals surface area (Å²) in [5.74, 6) is 2.58. The van der Waals surface area contributed by atoms with Crippen molar-refractivity contribution in [3.63, 3.8) is 0 Å². The predicted octanol–water partition coefficient (Wildman–Crippen LogP) is 1.94. The van der Waals surface area contributed by atoms with Crippen LogP contribution in [0.5, 0.6) is 5.88 Å². The lowest BCUT2D eigenvalue weighted by Gasteiger charge is -2.23. The van der Waals surface area contributed by atoms with Gasteiger partial charge >= 0.3 is 0 Å². The molecule has 4 heterocycles. The zero-order chi connectivity index (χ0) is 20.1. The molecule has 9 heteroatoms. The lowest BCUT2D eigenvalue weighted by Crippen LogP contribution is -2.34. The van der Waals surface area contributed by atoms with E-state index in [0.717, 1.165) is 58.6 Å². The van der Waals surface area contributed by atoms with Crippen molar-refractivity contribution in [3.05, 3.63) is 35.3 Å². The lowest BCUT2D eigenvalue weighted by molar-refractivity contribution is -0.127. The van der Waals surface area contributed by atoms with Crippen molar-refractivity contribution in [1.29, 1.82) is 0 Å². The monoisotopic (exact) mass is 411 g/mol. The van der Waals surface area contributed by atoms with Crippen molar-refractivity contribution in [3.8, 4) is 5.88 Å². The number of aryl methyl sites for hydroxylation is 1. The largest absolute Gasteiger partial charge is 0.480 e. The first kappa shape index (κ1) is 18.3. The molecule has 0 saturated heterocycles. The van der Waals surface area contributed by atoms with Crippen molar-refractivity contribution in [1.82, 2.24) is 24.4 Å². The molecule has 1 saturated carbocycles. The van der Waals surface area contributed by atoms with Crippen LogP contribution in [0.2, 0.25) is 0 Å². The van der Waals surface area contributed by atoms with Gasteiger partial charge in [-0.3, -0.25) is 4.79 Å². The van der Waals surface area contributed by atoms with E-state index in [1.54, 1.807) is 18.1 Å². The van der Waals surface area contributed by atoms with E-state index in [0.29, 0.717) is 24.9 Å². The molecule has 2 aliphatic rings. The van der Waals surface area contributed by atoms with E-state index < -0.39 is 0 Å². The highest BCUT2D eigenvalue weighted by molar-refractivity contribution is 7.27. The molecular weight excluding hydrogens is 389 g/mol. The number of oxazole rings is 1. The molecule has 3 aromatic heterocycles. The number of methoxy groups -OCH3 is 1. The Kier molecular flexibility index (Phi) is 4.39. The van der Waals surface area contributed by atoms with E-state index in [2.05, 4.69) is 24.2 Å². The number of fused-ring (bicyclic) bond motifs is 2. The maximum Gasteiger partial charge on any atom is 0.246 e. The van der Waals surface area contributed by atoms with Crippen LogP contribution in [-0.4, -0.2) is 44.0 Å². The fourth-order valence-corrected chi connectivity index (χ4v) is 4.13. The predicted molar refractivity (Wildman–Crippen MR) is 111 cm³/mol. The first-order valence-corrected chi connectivity index (χ1v) is 10.2. The molecule has 8 nitrogen and oxygen atoms in total. The summed E-state index contributed by atoms with van der Waals surface area (Å²) in [6.07, 6.45) is 7.92. The fraction of sp³-hybridized carbons (Fsp3) is 0.400. The Bertz CT molecular complexity index is 1140. The minimum absolute atomic E-state index is 0.0581. The maximum absolute atomic E-state index is 12.8. The first-order chi connectivity index (χ1) is 14.1. The van der Waals surface area contributed by atoms with Crippen LogP contribution >= 0.6 is 9.24 Å². The van der Waals surface area contributed by atoms with Crippen molar-refractivity contribution < 1.29 is 13.9 Å². The number of nitrogens with zero attached hydrogens (tertiary/aromatic N) is 5. The van der Waals surface area contributed by atoms with Crippen LogP contribution < -0.4 is 10.2 Å². The van der Waals surface area contributed by atoms with E-state index in [9.17, 15) is 4.79 Å². The number of hydrogen-bond donors (Lipinski definition) is 0. The van der Waals surface area contributed by atoms with Gasteiger partial charge in [-0.15, -0.1) is 0 Å². The number of carbonyl (C=O) groups excluding carboxylic acids is 1. The Morgan fingerprint density at radius 1 is 1.38 bits per heavy atom. The van der Waals surface area contributed by atoms with Gasteiger partial charge in [0.25, 0.3) is 0 Å². The summed E-state index contributed by atoms with van der Waals surface area (Å²) in [5, 5.41) is 0.789. The highest BCUT2D eigenvalue weighted by Crippen LogP contribution is 2.40. The third-order valence-corrected chi connectivity index (χ3v) is 6.29. The van der Waals surface area contributed by atoms with Crippen LogP contribution in [0.4, 0.5) is 0 Å². The zero-order valence-corrected chi connectivity index (χ0v) is 17.5. The molecule has 0 N–H and O–H groups in total. The Hall–Kier alpha value is -2.73. The van der Waals surface area contributed by atoms with E-state index >= 15 is 0 Å². The van der Waals surface area contributed by atoms with E-state index in [-0.39, 0.29) is 5.91 Å². The SMILES string of the molecule is COc1ncnc2c1c(/C=C/C(=O)N1CCc3nc(C4CC4)oc3C1)c(P)n2C. The summed E-state index contributed by atoms with van der Waals surface area (Å²) in [7, 11) is 6.20. The van der Waals surface area contributed by atoms with Crippen molar-refractivity contribution in [2.75, 3.05) is 13.7 Å². The lowest BCUT2D eigenvalue weighted by atomic mass is 10.1. The second kappa shape index (κ2) is 6.95. The Balaban J connectivity index is 1.40. The molecule has 1 aliphatic heterocycles. The molecule has 3 aromatic rings. The number of aromatic nitrogens is 4. The molecule has 0 aromatic carbocycles. The number of hydrogen-bond acceptors (Lipinski definition) is 6. The standard InChI is InChI=1S/C20H22N5O3P/c1-24-17-16(19(27-2)22-10-21-17)12(20(24)29)5-6-15(26)25-8-7-13-14(9-25)28-18(23-13)11-3-4-11/h5-6,10-11H,3-4,7-9,29H2,1-2H3/b6-5+. The minimum Gasteiger partial charge on any atom is -0.480 e. The van der Waals surface area contributed by atoms with Crippen LogP contribution in [0.1, 0.15) is 41.7 Å². The number of ether oxygens (including phenoxy) is 1. The van der Waals surface area contributed by atoms with Crippen LogP contribution in [0.15, 0.2) is 16.8 Å². The summed E-state index contributed by atoms with van der Waals surface area (Å²) < 4.78 is 13.3. The van der Waals surface area contributed by atoms with Crippen LogP contribution in [0.3, 0.4) is 0 Å². The molecular formula is C20H22N5O3P. The first-order valence-electron chi connectivity index (χ1n) is 9.65. The number of carbonyl (C=O) groups is 1. The molecule has 150 valence electrons. The number of amides is 1. The van der Waals surface area contributed by atoms with Gasteiger partial charge in [-0.05, 0) is 18.9 Å². The van der Waals surface area contributed by atoms with Crippen molar-refractivity contribution in [2.24, 2.45) is 7.05 Å². The normalized spacial score (nSPS) is 16.6. The van der Waals surface area contributed by atoms with Gasteiger partial charge in [0, 0.05) is 43.0 Å². The Morgan fingerprint density at radius 3 is 2.97 bits per heavy atom. The van der Waals surface area contributed by atoms with Crippen LogP contribution in [0.25, 0.3) is 17.1 Å². The van der Waals surface area contributed by atoms with Gasteiger partial charge in [-0.1, -0.05) is 9.24 Å². The van der Waals surface area contributed by atoms with Crippen molar-refractivity contribution in [2.45, 2.75) is 31.7 Å². The second-order valence-electron chi connectivity index (χ2n) is 7.48. The van der Waals surface area contributed by atoms with Crippen LogP contribution in [0, 0.1) is 0 Å². The van der Waals surface area contributed by atoms with Gasteiger partial charge in [0.1, 0.15) is 17.7 Å². The van der Waals surface area contributed by atoms with Gasteiger partial charge < -0.3 is 18.6 Å². The molecule has 5 rings (SSSR count). The molecule has 1 fully saturated rings. The van der Waals surface area contributed by atoms with Gasteiger partial charge in [0.15, 0.2) is 5.89 Å². The summed E-state index contributed by atoms with van der Waals surface area (Å²) in [6, 6.07) is 0. The average Bonchev–Trinajstić information content (AvgIpc) is 3.46. The summed E-state index contributed by atoms with van der Waals surface area (Å²) in [4.78, 5) is 27.8. The molecule has 0 spiro atoms. The zero-order valence-electron chi connectivity index (χ0n) is 16.4. The van der Waals surface area contributed by atoms with Gasteiger partial charge in [-0.2, -0.15) is 0 Å². The molecule has 29 heavy (non-hydrogen) atoms. The second-order valence-corrected chi connectivity index (χ2v) is 8.03. The Labute approximate surface area is 170 Å². The van der Waals surface area contributed by atoms with Gasteiger partial charge in [-0.25, -0.2) is 15.0 Å². The summed E-state index contributed by atoms with van der Waals surface area (Å²) in [5.41, 5.74) is 3.52. The van der Waals surface area contributed by atoms with Crippen molar-refractivity contribution >= 4 is 37.7 Å². The summed E-state index contributed by atoms with van der Waals surface area (Å²) in [6.45, 7) is 1.11. The molecule has 1 atom stereocenters. The fourth-order valence-electron chi connectivity index (χ4n) is 3.77. The van der Waals surface area contributed by atoms with Crippen LogP contribution in [-0.2, 0) is 24.8 Å². The molecule has 1 aliphatic carbocycles. The highest BCUT2D eigenvalue weighted by Gasteiger charge is 2.32. The average molecular weight is 411 g/mol. The van der Waals surface area contributed by atoms with E-state index in [1.807, 2.05) is 17.7 Å². The minimum atomic E-state index is -0.0581. The van der Waals surface area contributed by atoms with E-state index in [4.69, 9.17) is 9.15 Å². The molecule has 0 bridgehead atoms. The quantitative estimate of drug-likeness (QED) is 0.482. The third-order valence-electron chi connectivity index (χ3n) is 5.59. The topological polar surface area (TPSA) is 86.3 Å². The van der Waals surface area contributed by atoms with E-state index in [1.165, 1.54) is 6.33 Å². The van der Waals surface area contributed by atoms with Gasteiger partial charge in [0.2, 0.25) is 11.8 Å². The molecule has 0 radical (unpaired) electrons. The molecule has 1 amide bonds. The Morgan fingerprint density at radius 2 is 2.21 bits per heavy atom. The highest BCUT2D eigenvalue weighted by atomic mass is 31.0. The summed E-state index contributed by atoms with van der Waals surface area (Å²) >= 11 is 0. The third kappa shape index (κ3) is 3.12. The molecule has 1 unspecified atom stereocenters. The maximum atomic E-state index is 12.8. The number of rotatable bonds is 4. The van der Waals surface area contributed by atoms with Gasteiger partial charge in [0.05, 0.1) is 24.7 Å².